The molecule has 1 aliphatic heterocycles. The number of amides is 1. The molecular formula is C12H13NO4. The van der Waals surface area contributed by atoms with Gasteiger partial charge in [-0.1, -0.05) is 12.1 Å². The molecule has 1 amide bonds. The predicted octanol–water partition coefficient (Wildman–Crippen LogP) is 0.714. The van der Waals surface area contributed by atoms with Crippen LogP contribution in [0, 0.1) is 0 Å². The number of aliphatic carboxylic acids is 1. The SMILES string of the molecule is CN1C(=O)Cc2cc(C(O)CC(=O)O)ccc21. The highest BCUT2D eigenvalue weighted by molar-refractivity contribution is 6.00. The van der Waals surface area contributed by atoms with Crippen LogP contribution in [0.25, 0.3) is 0 Å². The van der Waals surface area contributed by atoms with Gasteiger partial charge in [-0.05, 0) is 17.2 Å². The largest absolute Gasteiger partial charge is 0.481 e. The minimum Gasteiger partial charge on any atom is -0.481 e. The van der Waals surface area contributed by atoms with Gasteiger partial charge in [0.2, 0.25) is 5.91 Å². The second-order valence-corrected chi connectivity index (χ2v) is 4.13. The Labute approximate surface area is 98.3 Å². The Hall–Kier alpha value is -1.88. The van der Waals surface area contributed by atoms with Gasteiger partial charge in [0.1, 0.15) is 0 Å². The van der Waals surface area contributed by atoms with Crippen molar-refractivity contribution < 1.29 is 19.8 Å². The first-order valence-electron chi connectivity index (χ1n) is 5.28. The number of carboxylic acid groups (broad SMARTS) is 1. The molecule has 1 atom stereocenters. The van der Waals surface area contributed by atoms with E-state index in [9.17, 15) is 14.7 Å². The average molecular weight is 235 g/mol. The number of carbonyl (C=O) groups is 2. The lowest BCUT2D eigenvalue weighted by Crippen LogP contribution is -2.20. The molecule has 1 aromatic carbocycles. The molecule has 1 unspecified atom stereocenters. The van der Waals surface area contributed by atoms with Crippen molar-refractivity contribution in [3.05, 3.63) is 29.3 Å². The molecule has 0 saturated heterocycles. The van der Waals surface area contributed by atoms with Crippen molar-refractivity contribution in [2.24, 2.45) is 0 Å². The molecule has 0 fully saturated rings. The Bertz CT molecular complexity index is 483. The highest BCUT2D eigenvalue weighted by Crippen LogP contribution is 2.30. The lowest BCUT2D eigenvalue weighted by molar-refractivity contribution is -0.139. The fourth-order valence-corrected chi connectivity index (χ4v) is 1.98. The lowest BCUT2D eigenvalue weighted by atomic mass is 10.0. The van der Waals surface area contributed by atoms with Crippen LogP contribution >= 0.6 is 0 Å². The van der Waals surface area contributed by atoms with Gasteiger partial charge in [-0.15, -0.1) is 0 Å². The van der Waals surface area contributed by atoms with Crippen molar-refractivity contribution in [2.75, 3.05) is 11.9 Å². The maximum atomic E-state index is 11.5. The van der Waals surface area contributed by atoms with E-state index in [1.54, 1.807) is 30.1 Å². The van der Waals surface area contributed by atoms with Crippen LogP contribution < -0.4 is 4.90 Å². The quantitative estimate of drug-likeness (QED) is 0.809. The van der Waals surface area contributed by atoms with Crippen molar-refractivity contribution in [3.8, 4) is 0 Å². The maximum Gasteiger partial charge on any atom is 0.306 e. The number of nitrogens with zero attached hydrogens (tertiary/aromatic N) is 1. The second-order valence-electron chi connectivity index (χ2n) is 4.13. The number of carbonyl (C=O) groups excluding carboxylic acids is 1. The molecule has 17 heavy (non-hydrogen) atoms. The molecule has 0 saturated carbocycles. The lowest BCUT2D eigenvalue weighted by Gasteiger charge is -2.12. The third kappa shape index (κ3) is 2.14. The second kappa shape index (κ2) is 4.18. The van der Waals surface area contributed by atoms with Gasteiger partial charge in [0.25, 0.3) is 0 Å². The number of fused-ring (bicyclic) bond motifs is 1. The van der Waals surface area contributed by atoms with E-state index in [0.29, 0.717) is 12.0 Å². The third-order valence-corrected chi connectivity index (χ3v) is 2.93. The van der Waals surface area contributed by atoms with Gasteiger partial charge in [0, 0.05) is 12.7 Å². The number of carboxylic acids is 1. The van der Waals surface area contributed by atoms with E-state index in [2.05, 4.69) is 0 Å². The van der Waals surface area contributed by atoms with Crippen LogP contribution in [-0.2, 0) is 16.0 Å². The molecule has 2 rings (SSSR count). The number of benzene rings is 1. The van der Waals surface area contributed by atoms with Gasteiger partial charge in [-0.2, -0.15) is 0 Å². The molecule has 1 heterocycles. The Kier molecular flexibility index (Phi) is 2.85. The van der Waals surface area contributed by atoms with E-state index in [1.807, 2.05) is 0 Å². The van der Waals surface area contributed by atoms with Crippen molar-refractivity contribution in [2.45, 2.75) is 18.9 Å². The van der Waals surface area contributed by atoms with Gasteiger partial charge >= 0.3 is 5.97 Å². The van der Waals surface area contributed by atoms with Crippen LogP contribution in [0.1, 0.15) is 23.7 Å². The number of hydrogen-bond donors (Lipinski definition) is 2. The molecule has 0 aliphatic carbocycles. The Morgan fingerprint density at radius 2 is 2.24 bits per heavy atom. The van der Waals surface area contributed by atoms with Crippen LogP contribution in [0.3, 0.4) is 0 Å². The van der Waals surface area contributed by atoms with E-state index >= 15 is 0 Å². The number of hydrogen-bond acceptors (Lipinski definition) is 3. The minimum absolute atomic E-state index is 0.00451. The van der Waals surface area contributed by atoms with E-state index < -0.39 is 12.1 Å². The summed E-state index contributed by atoms with van der Waals surface area (Å²) in [6.45, 7) is 0. The first-order valence-corrected chi connectivity index (χ1v) is 5.28. The van der Waals surface area contributed by atoms with E-state index in [4.69, 9.17) is 5.11 Å². The summed E-state index contributed by atoms with van der Waals surface area (Å²) in [5, 5.41) is 18.3. The molecule has 1 aliphatic rings. The molecule has 5 nitrogen and oxygen atoms in total. The summed E-state index contributed by atoms with van der Waals surface area (Å²) >= 11 is 0. The molecule has 90 valence electrons. The minimum atomic E-state index is -1.05. The standard InChI is InChI=1S/C12H13NO4/c1-13-9-3-2-7(10(14)6-12(16)17)4-8(9)5-11(13)15/h2-4,10,14H,5-6H2,1H3,(H,16,17). The highest BCUT2D eigenvalue weighted by Gasteiger charge is 2.25. The Balaban J connectivity index is 2.27. The molecule has 0 bridgehead atoms. The molecule has 5 heteroatoms. The number of aliphatic hydroxyl groups is 1. The average Bonchev–Trinajstić information content (AvgIpc) is 2.53. The highest BCUT2D eigenvalue weighted by atomic mass is 16.4. The molecular weight excluding hydrogens is 222 g/mol. The van der Waals surface area contributed by atoms with Crippen molar-refractivity contribution in [3.63, 3.8) is 0 Å². The van der Waals surface area contributed by atoms with Crippen molar-refractivity contribution in [1.29, 1.82) is 0 Å². The number of likely N-dealkylation sites (N-methyl/N-ethyl adjacent to an activating group) is 1. The molecule has 1 aromatic rings. The summed E-state index contributed by atoms with van der Waals surface area (Å²) in [6, 6.07) is 5.09. The Morgan fingerprint density at radius 3 is 2.88 bits per heavy atom. The topological polar surface area (TPSA) is 77.8 Å². The molecule has 0 aromatic heterocycles. The zero-order chi connectivity index (χ0) is 12.6. The summed E-state index contributed by atoms with van der Waals surface area (Å²) in [5.41, 5.74) is 2.19. The first kappa shape index (κ1) is 11.6. The normalized spacial score (nSPS) is 15.9. The maximum absolute atomic E-state index is 11.5. The van der Waals surface area contributed by atoms with Crippen LogP contribution in [0.2, 0.25) is 0 Å². The van der Waals surface area contributed by atoms with Crippen LogP contribution in [-0.4, -0.2) is 29.1 Å². The molecule has 2 N–H and O–H groups in total. The fourth-order valence-electron chi connectivity index (χ4n) is 1.98. The fraction of sp³-hybridized carbons (Fsp3) is 0.333. The van der Waals surface area contributed by atoms with Gasteiger partial charge in [0.15, 0.2) is 0 Å². The van der Waals surface area contributed by atoms with Crippen LogP contribution in [0.4, 0.5) is 5.69 Å². The summed E-state index contributed by atoms with van der Waals surface area (Å²) in [4.78, 5) is 23.5. The number of aliphatic hydroxyl groups excluding tert-OH is 1. The van der Waals surface area contributed by atoms with Crippen LogP contribution in [0.5, 0.6) is 0 Å². The van der Waals surface area contributed by atoms with E-state index in [0.717, 1.165) is 11.3 Å². The van der Waals surface area contributed by atoms with Gasteiger partial charge in [0.05, 0.1) is 18.9 Å². The zero-order valence-electron chi connectivity index (χ0n) is 9.38. The van der Waals surface area contributed by atoms with E-state index in [-0.39, 0.29) is 12.3 Å². The van der Waals surface area contributed by atoms with Gasteiger partial charge < -0.3 is 15.1 Å². The predicted molar refractivity (Wildman–Crippen MR) is 60.8 cm³/mol. The summed E-state index contributed by atoms with van der Waals surface area (Å²) in [5.74, 6) is -1.05. The van der Waals surface area contributed by atoms with Gasteiger partial charge in [-0.3, -0.25) is 9.59 Å². The van der Waals surface area contributed by atoms with Crippen molar-refractivity contribution in [1.82, 2.24) is 0 Å². The smallest absolute Gasteiger partial charge is 0.306 e. The first-order chi connectivity index (χ1) is 7.99. The van der Waals surface area contributed by atoms with Crippen molar-refractivity contribution >= 4 is 17.6 Å². The number of rotatable bonds is 3. The Morgan fingerprint density at radius 1 is 1.53 bits per heavy atom. The zero-order valence-corrected chi connectivity index (χ0v) is 9.38. The molecule has 0 radical (unpaired) electrons. The summed E-state index contributed by atoms with van der Waals surface area (Å²) in [7, 11) is 1.70. The summed E-state index contributed by atoms with van der Waals surface area (Å²) in [6.07, 6.45) is -1.05. The third-order valence-electron chi connectivity index (χ3n) is 2.93. The summed E-state index contributed by atoms with van der Waals surface area (Å²) < 4.78 is 0. The number of anilines is 1. The van der Waals surface area contributed by atoms with Crippen LogP contribution in [0.15, 0.2) is 18.2 Å². The monoisotopic (exact) mass is 235 g/mol. The van der Waals surface area contributed by atoms with Gasteiger partial charge in [-0.25, -0.2) is 0 Å². The molecule has 0 spiro atoms. The van der Waals surface area contributed by atoms with E-state index in [1.165, 1.54) is 0 Å².